The summed E-state index contributed by atoms with van der Waals surface area (Å²) < 4.78 is 36.1. The van der Waals surface area contributed by atoms with Crippen LogP contribution in [0.25, 0.3) is 11.3 Å². The molecule has 0 bridgehead atoms. The van der Waals surface area contributed by atoms with Gasteiger partial charge in [-0.05, 0) is 43.7 Å². The highest BCUT2D eigenvalue weighted by Gasteiger charge is 2.35. The van der Waals surface area contributed by atoms with Crippen LogP contribution in [0.4, 0.5) is 5.95 Å². The van der Waals surface area contributed by atoms with Gasteiger partial charge in [-0.25, -0.2) is 18.1 Å². The number of rotatable bonds is 8. The molecule has 1 saturated carbocycles. The molecule has 1 aromatic carbocycles. The number of carbonyl (C=O) groups excluding carboxylic acids is 1. The minimum atomic E-state index is -3.99. The fraction of sp³-hybridized carbons (Fsp3) is 0.500. The third-order valence-electron chi connectivity index (χ3n) is 7.75. The first-order valence-corrected chi connectivity index (χ1v) is 15.2. The summed E-state index contributed by atoms with van der Waals surface area (Å²) in [6.07, 6.45) is 6.87. The van der Waals surface area contributed by atoms with Crippen LogP contribution in [0.2, 0.25) is 0 Å². The molecular weight excluding hydrogens is 532 g/mol. The molecule has 2 N–H and O–H groups in total. The van der Waals surface area contributed by atoms with Crippen LogP contribution in [0.5, 0.6) is 5.88 Å². The Labute approximate surface area is 234 Å². The maximum Gasteiger partial charge on any atom is 0.267 e. The van der Waals surface area contributed by atoms with E-state index in [1.54, 1.807) is 18.0 Å². The van der Waals surface area contributed by atoms with Crippen molar-refractivity contribution in [1.82, 2.24) is 24.6 Å². The number of benzene rings is 1. The van der Waals surface area contributed by atoms with Gasteiger partial charge in [-0.1, -0.05) is 37.5 Å². The van der Waals surface area contributed by atoms with E-state index in [0.29, 0.717) is 25.2 Å². The molecular formula is C28H36N6O5S. The van der Waals surface area contributed by atoms with Crippen LogP contribution in [0, 0.1) is 19.8 Å². The second-order valence-corrected chi connectivity index (χ2v) is 12.5. The minimum absolute atomic E-state index is 0.0124. The Kier molecular flexibility index (Phi) is 8.09. The molecule has 0 radical (unpaired) electrons. The number of hydrogen-bond acceptors (Lipinski definition) is 8. The molecule has 2 atom stereocenters. The number of ether oxygens (including phenoxy) is 1. The Bertz CT molecular complexity index is 1460. The van der Waals surface area contributed by atoms with Gasteiger partial charge in [0.25, 0.3) is 15.9 Å². The van der Waals surface area contributed by atoms with E-state index in [9.17, 15) is 18.3 Å². The van der Waals surface area contributed by atoms with Crippen molar-refractivity contribution in [2.45, 2.75) is 69.5 Å². The maximum atomic E-state index is 13.0. The van der Waals surface area contributed by atoms with E-state index in [4.69, 9.17) is 4.74 Å². The molecule has 1 amide bonds. The van der Waals surface area contributed by atoms with Crippen LogP contribution < -0.4 is 9.46 Å². The normalized spacial score (nSPS) is 19.0. The zero-order valence-corrected chi connectivity index (χ0v) is 23.9. The molecule has 2 fully saturated rings. The quantitative estimate of drug-likeness (QED) is 0.422. The van der Waals surface area contributed by atoms with Crippen LogP contribution in [0.15, 0.2) is 41.6 Å². The number of anilines is 1. The lowest BCUT2D eigenvalue weighted by molar-refractivity contribution is -0.143. The highest BCUT2D eigenvalue weighted by Crippen LogP contribution is 2.31. The summed E-state index contributed by atoms with van der Waals surface area (Å²) in [5, 5.41) is 14.7. The van der Waals surface area contributed by atoms with Crippen molar-refractivity contribution in [3.05, 3.63) is 47.8 Å². The fourth-order valence-corrected chi connectivity index (χ4v) is 6.55. The molecule has 1 unspecified atom stereocenters. The van der Waals surface area contributed by atoms with Crippen LogP contribution in [-0.2, 0) is 21.9 Å². The lowest BCUT2D eigenvalue weighted by Crippen LogP contribution is -2.42. The highest BCUT2D eigenvalue weighted by molar-refractivity contribution is 7.92. The van der Waals surface area contributed by atoms with Crippen molar-refractivity contribution in [1.29, 1.82) is 0 Å². The van der Waals surface area contributed by atoms with Gasteiger partial charge >= 0.3 is 0 Å². The molecule has 2 aliphatic rings. The highest BCUT2D eigenvalue weighted by atomic mass is 32.2. The van der Waals surface area contributed by atoms with Crippen LogP contribution in [0.1, 0.15) is 49.7 Å². The van der Waals surface area contributed by atoms with Crippen molar-refractivity contribution in [3.63, 3.8) is 0 Å². The van der Waals surface area contributed by atoms with Gasteiger partial charge in [0.15, 0.2) is 0 Å². The van der Waals surface area contributed by atoms with Gasteiger partial charge in [0.05, 0.1) is 18.4 Å². The average Bonchev–Trinajstić information content (AvgIpc) is 3.57. The topological polar surface area (TPSA) is 140 Å². The van der Waals surface area contributed by atoms with Gasteiger partial charge in [0, 0.05) is 37.8 Å². The smallest absolute Gasteiger partial charge is 0.267 e. The van der Waals surface area contributed by atoms with Crippen molar-refractivity contribution >= 4 is 21.9 Å². The number of hydrogen-bond donors (Lipinski definition) is 2. The predicted molar refractivity (Wildman–Crippen MR) is 149 cm³/mol. The van der Waals surface area contributed by atoms with Gasteiger partial charge in [0.2, 0.25) is 11.8 Å². The molecule has 1 saturated heterocycles. The van der Waals surface area contributed by atoms with Crippen molar-refractivity contribution in [2.24, 2.45) is 13.0 Å². The van der Waals surface area contributed by atoms with Gasteiger partial charge in [-0.2, -0.15) is 10.1 Å². The summed E-state index contributed by atoms with van der Waals surface area (Å²) in [4.78, 5) is 23.6. The van der Waals surface area contributed by atoms with Crippen molar-refractivity contribution in [2.75, 3.05) is 17.8 Å². The van der Waals surface area contributed by atoms with E-state index in [-0.39, 0.29) is 34.7 Å². The summed E-state index contributed by atoms with van der Waals surface area (Å²) in [6.45, 7) is 4.72. The molecule has 1 aliphatic heterocycles. The number of aromatic nitrogens is 4. The van der Waals surface area contributed by atoms with E-state index in [1.165, 1.54) is 17.1 Å². The number of aliphatic hydroxyl groups excluding tert-OH is 1. The van der Waals surface area contributed by atoms with Crippen LogP contribution >= 0.6 is 0 Å². The van der Waals surface area contributed by atoms with Gasteiger partial charge in [-0.3, -0.25) is 9.48 Å². The molecule has 3 heterocycles. The molecule has 12 heteroatoms. The Morgan fingerprint density at radius 3 is 2.52 bits per heavy atom. The zero-order chi connectivity index (χ0) is 28.4. The number of sulfonamides is 1. The second-order valence-electron chi connectivity index (χ2n) is 10.8. The molecule has 5 rings (SSSR count). The summed E-state index contributed by atoms with van der Waals surface area (Å²) >= 11 is 0. The molecule has 2 aromatic heterocycles. The summed E-state index contributed by atoms with van der Waals surface area (Å²) in [5.41, 5.74) is 3.32. The summed E-state index contributed by atoms with van der Waals surface area (Å²) in [7, 11) is -2.36. The number of aryl methyl sites for hydroxylation is 3. The van der Waals surface area contributed by atoms with E-state index in [1.807, 2.05) is 32.0 Å². The first kappa shape index (κ1) is 28.0. The third-order valence-corrected chi connectivity index (χ3v) is 9.03. The molecule has 11 nitrogen and oxygen atoms in total. The first-order valence-electron chi connectivity index (χ1n) is 13.7. The fourth-order valence-electron chi connectivity index (χ4n) is 5.63. The number of likely N-dealkylation sites (tertiary alicyclic amines) is 1. The molecule has 3 aromatic rings. The largest absolute Gasteiger partial charge is 0.472 e. The third kappa shape index (κ3) is 6.12. The molecule has 214 valence electrons. The lowest BCUT2D eigenvalue weighted by atomic mass is 9.85. The van der Waals surface area contributed by atoms with E-state index >= 15 is 0 Å². The predicted octanol–water partition coefficient (Wildman–Crippen LogP) is 3.22. The van der Waals surface area contributed by atoms with E-state index in [2.05, 4.69) is 19.8 Å². The number of aliphatic hydroxyl groups is 1. The summed E-state index contributed by atoms with van der Waals surface area (Å²) in [6, 6.07) is 7.56. The zero-order valence-electron chi connectivity index (χ0n) is 23.1. The number of amides is 1. The number of nitrogens with one attached hydrogen (secondary N) is 1. The van der Waals surface area contributed by atoms with E-state index in [0.717, 1.165) is 48.8 Å². The van der Waals surface area contributed by atoms with E-state index < -0.39 is 16.1 Å². The maximum absolute atomic E-state index is 13.0. The first-order chi connectivity index (χ1) is 19.1. The minimum Gasteiger partial charge on any atom is -0.472 e. The standard InChI is InChI=1S/C28H36N6O5S/c1-18-8-7-9-19(2)25(18)23-14-24(31-28(30-23)32-40(37,38)22-15-29-33(3)17-22)39-21-12-13-34(16-21)27(36)26(35)20-10-5-4-6-11-20/h7-9,14-15,17,20-21,26,35H,4-6,10-13,16H2,1-3H3,(H,30,31,32)/t21?,26-/m1/s1. The molecule has 1 aliphatic carbocycles. The van der Waals surface area contributed by atoms with Gasteiger partial charge < -0.3 is 14.7 Å². The Hall–Kier alpha value is -3.51. The summed E-state index contributed by atoms with van der Waals surface area (Å²) in [5.74, 6) is -0.165. The van der Waals surface area contributed by atoms with Crippen molar-refractivity contribution < 1.29 is 23.1 Å². The molecule has 40 heavy (non-hydrogen) atoms. The lowest BCUT2D eigenvalue weighted by Gasteiger charge is -2.28. The molecule has 0 spiro atoms. The van der Waals surface area contributed by atoms with Gasteiger partial charge in [-0.15, -0.1) is 0 Å². The second kappa shape index (κ2) is 11.5. The van der Waals surface area contributed by atoms with Crippen molar-refractivity contribution in [3.8, 4) is 17.1 Å². The SMILES string of the molecule is Cc1cccc(C)c1-c1cc(OC2CCN(C(=O)[C@H](O)C3CCCCC3)C2)nc(NS(=O)(=O)c2cnn(C)c2)n1. The van der Waals surface area contributed by atoms with Crippen LogP contribution in [0.3, 0.4) is 0 Å². The van der Waals surface area contributed by atoms with Gasteiger partial charge in [0.1, 0.15) is 17.1 Å². The Morgan fingerprint density at radius 2 is 1.85 bits per heavy atom. The van der Waals surface area contributed by atoms with Crippen LogP contribution in [-0.4, -0.2) is 69.4 Å². The Morgan fingerprint density at radius 1 is 1.12 bits per heavy atom. The average molecular weight is 569 g/mol. The number of carbonyl (C=O) groups is 1. The number of nitrogens with zero attached hydrogens (tertiary/aromatic N) is 5. The Balaban J connectivity index is 1.38. The monoisotopic (exact) mass is 568 g/mol.